The van der Waals surface area contributed by atoms with E-state index in [4.69, 9.17) is 17.3 Å². The highest BCUT2D eigenvalue weighted by Crippen LogP contribution is 2.28. The lowest BCUT2D eigenvalue weighted by atomic mass is 9.97. The summed E-state index contributed by atoms with van der Waals surface area (Å²) >= 11 is 6.06. The van der Waals surface area contributed by atoms with Gasteiger partial charge in [-0.1, -0.05) is 41.9 Å². The van der Waals surface area contributed by atoms with Crippen molar-refractivity contribution >= 4 is 17.3 Å². The van der Waals surface area contributed by atoms with Crippen LogP contribution in [-0.4, -0.2) is 4.98 Å². The molecular formula is C13H10ClN3. The second-order valence-electron chi connectivity index (χ2n) is 3.61. The van der Waals surface area contributed by atoms with E-state index in [1.165, 1.54) is 6.20 Å². The van der Waals surface area contributed by atoms with E-state index in [-0.39, 0.29) is 0 Å². The highest BCUT2D eigenvalue weighted by atomic mass is 35.5. The maximum absolute atomic E-state index is 9.25. The Morgan fingerprint density at radius 2 is 2.00 bits per heavy atom. The number of hydrogen-bond acceptors (Lipinski definition) is 3. The first-order chi connectivity index (χ1) is 8.22. The van der Waals surface area contributed by atoms with Crippen LogP contribution in [0.3, 0.4) is 0 Å². The molecule has 1 aromatic carbocycles. The zero-order chi connectivity index (χ0) is 12.3. The fraction of sp³-hybridized carbons (Fsp3) is 0.0769. The minimum atomic E-state index is -0.468. The molecule has 0 radical (unpaired) electrons. The van der Waals surface area contributed by atoms with Gasteiger partial charge in [-0.2, -0.15) is 5.26 Å². The normalized spacial score (nSPS) is 11.8. The number of nitriles is 1. The molecule has 4 heteroatoms. The summed E-state index contributed by atoms with van der Waals surface area (Å²) in [6.07, 6.45) is 1.51. The first-order valence-electron chi connectivity index (χ1n) is 5.08. The number of nitrogens with two attached hydrogens (primary N) is 1. The van der Waals surface area contributed by atoms with Crippen molar-refractivity contribution in [3.05, 3.63) is 58.9 Å². The molecule has 1 heterocycles. The molecule has 1 atom stereocenters. The molecule has 0 fully saturated rings. The summed E-state index contributed by atoms with van der Waals surface area (Å²) in [5, 5.41) is 9.66. The molecule has 2 rings (SSSR count). The number of nitrogens with zero attached hydrogens (tertiary/aromatic N) is 2. The number of anilines is 1. The van der Waals surface area contributed by atoms with Crippen LogP contribution in [0.1, 0.15) is 17.2 Å². The number of rotatable bonds is 2. The molecule has 0 aliphatic carbocycles. The number of benzene rings is 1. The van der Waals surface area contributed by atoms with Crippen molar-refractivity contribution in [1.29, 1.82) is 5.26 Å². The van der Waals surface area contributed by atoms with E-state index in [0.29, 0.717) is 16.4 Å². The Kier molecular flexibility index (Phi) is 3.27. The van der Waals surface area contributed by atoms with Gasteiger partial charge in [0.25, 0.3) is 0 Å². The first kappa shape index (κ1) is 11.4. The SMILES string of the molecule is N#CC(c1ccccc1)c1ncc(N)cc1Cl. The van der Waals surface area contributed by atoms with Crippen LogP contribution in [0.5, 0.6) is 0 Å². The fourth-order valence-corrected chi connectivity index (χ4v) is 1.90. The average Bonchev–Trinajstić information content (AvgIpc) is 2.34. The van der Waals surface area contributed by atoms with Gasteiger partial charge >= 0.3 is 0 Å². The van der Waals surface area contributed by atoms with Crippen LogP contribution in [0.4, 0.5) is 5.69 Å². The van der Waals surface area contributed by atoms with Crippen molar-refractivity contribution in [1.82, 2.24) is 4.98 Å². The van der Waals surface area contributed by atoms with Crippen LogP contribution >= 0.6 is 11.6 Å². The van der Waals surface area contributed by atoms with E-state index in [0.717, 1.165) is 5.56 Å². The number of nitrogen functional groups attached to an aromatic ring is 1. The van der Waals surface area contributed by atoms with Gasteiger partial charge in [-0.3, -0.25) is 4.98 Å². The predicted octanol–water partition coefficient (Wildman–Crippen LogP) is 2.97. The summed E-state index contributed by atoms with van der Waals surface area (Å²) in [6.45, 7) is 0. The maximum Gasteiger partial charge on any atom is 0.115 e. The van der Waals surface area contributed by atoms with Gasteiger partial charge in [0, 0.05) is 0 Å². The molecule has 2 N–H and O–H groups in total. The summed E-state index contributed by atoms with van der Waals surface area (Å²) in [7, 11) is 0. The Morgan fingerprint density at radius 1 is 1.29 bits per heavy atom. The summed E-state index contributed by atoms with van der Waals surface area (Å²) in [4.78, 5) is 4.15. The van der Waals surface area contributed by atoms with E-state index in [1.807, 2.05) is 30.3 Å². The lowest BCUT2D eigenvalue weighted by Gasteiger charge is -2.10. The molecule has 0 saturated carbocycles. The maximum atomic E-state index is 9.25. The fourth-order valence-electron chi connectivity index (χ4n) is 1.61. The second kappa shape index (κ2) is 4.86. The number of halogens is 1. The summed E-state index contributed by atoms with van der Waals surface area (Å²) in [5.41, 5.74) is 7.47. The third-order valence-corrected chi connectivity index (χ3v) is 2.73. The van der Waals surface area contributed by atoms with Gasteiger partial charge in [0.2, 0.25) is 0 Å². The third-order valence-electron chi connectivity index (χ3n) is 2.43. The molecule has 0 bridgehead atoms. The number of aromatic nitrogens is 1. The summed E-state index contributed by atoms with van der Waals surface area (Å²) in [6, 6.07) is 13.2. The average molecular weight is 244 g/mol. The van der Waals surface area contributed by atoms with Crippen LogP contribution in [0.15, 0.2) is 42.6 Å². The highest BCUT2D eigenvalue weighted by molar-refractivity contribution is 6.31. The van der Waals surface area contributed by atoms with Crippen molar-refractivity contribution in [3.63, 3.8) is 0 Å². The molecule has 2 aromatic rings. The Bertz CT molecular complexity index is 561. The molecule has 0 aliphatic rings. The van der Waals surface area contributed by atoms with Crippen LogP contribution in [0.2, 0.25) is 5.02 Å². The molecule has 3 nitrogen and oxygen atoms in total. The number of hydrogen-bond donors (Lipinski definition) is 1. The van der Waals surface area contributed by atoms with Gasteiger partial charge < -0.3 is 5.73 Å². The van der Waals surface area contributed by atoms with Gasteiger partial charge in [0.1, 0.15) is 5.92 Å². The van der Waals surface area contributed by atoms with Gasteiger partial charge in [0.15, 0.2) is 0 Å². The minimum absolute atomic E-state index is 0.417. The van der Waals surface area contributed by atoms with E-state index in [2.05, 4.69) is 11.1 Å². The zero-order valence-corrected chi connectivity index (χ0v) is 9.72. The largest absolute Gasteiger partial charge is 0.397 e. The molecule has 84 valence electrons. The van der Waals surface area contributed by atoms with Gasteiger partial charge in [0.05, 0.1) is 28.7 Å². The highest BCUT2D eigenvalue weighted by Gasteiger charge is 2.17. The summed E-state index contributed by atoms with van der Waals surface area (Å²) < 4.78 is 0. The molecule has 1 unspecified atom stereocenters. The second-order valence-corrected chi connectivity index (χ2v) is 4.02. The van der Waals surface area contributed by atoms with E-state index in [9.17, 15) is 5.26 Å². The standard InChI is InChI=1S/C13H10ClN3/c14-12-6-10(16)8-17-13(12)11(7-15)9-4-2-1-3-5-9/h1-6,8,11H,16H2. The zero-order valence-electron chi connectivity index (χ0n) is 8.97. The quantitative estimate of drug-likeness (QED) is 0.882. The topological polar surface area (TPSA) is 62.7 Å². The van der Waals surface area contributed by atoms with E-state index < -0.39 is 5.92 Å². The molecule has 17 heavy (non-hydrogen) atoms. The van der Waals surface area contributed by atoms with Gasteiger partial charge in [-0.05, 0) is 11.6 Å². The third kappa shape index (κ3) is 2.38. The van der Waals surface area contributed by atoms with Crippen molar-refractivity contribution in [2.45, 2.75) is 5.92 Å². The lowest BCUT2D eigenvalue weighted by molar-refractivity contribution is 0.967. The molecule has 0 aliphatic heterocycles. The summed E-state index contributed by atoms with van der Waals surface area (Å²) in [5.74, 6) is -0.468. The monoisotopic (exact) mass is 243 g/mol. The molecule has 0 saturated heterocycles. The van der Waals surface area contributed by atoms with Crippen LogP contribution < -0.4 is 5.73 Å². The van der Waals surface area contributed by atoms with Crippen LogP contribution in [0, 0.1) is 11.3 Å². The van der Waals surface area contributed by atoms with E-state index >= 15 is 0 Å². The van der Waals surface area contributed by atoms with Crippen molar-refractivity contribution in [3.8, 4) is 6.07 Å². The molecule has 0 spiro atoms. The molecule has 0 amide bonds. The Labute approximate surface area is 104 Å². The molecule has 1 aromatic heterocycles. The minimum Gasteiger partial charge on any atom is -0.397 e. The predicted molar refractivity (Wildman–Crippen MR) is 67.6 cm³/mol. The van der Waals surface area contributed by atoms with Gasteiger partial charge in [-0.15, -0.1) is 0 Å². The lowest BCUT2D eigenvalue weighted by Crippen LogP contribution is -2.02. The Hall–Kier alpha value is -2.05. The smallest absolute Gasteiger partial charge is 0.115 e. The Morgan fingerprint density at radius 3 is 2.59 bits per heavy atom. The molecular weight excluding hydrogens is 234 g/mol. The first-order valence-corrected chi connectivity index (χ1v) is 5.45. The van der Waals surface area contributed by atoms with Crippen molar-refractivity contribution in [2.24, 2.45) is 0 Å². The number of pyridine rings is 1. The van der Waals surface area contributed by atoms with Gasteiger partial charge in [-0.25, -0.2) is 0 Å². The van der Waals surface area contributed by atoms with E-state index in [1.54, 1.807) is 6.07 Å². The van der Waals surface area contributed by atoms with Crippen molar-refractivity contribution in [2.75, 3.05) is 5.73 Å². The van der Waals surface area contributed by atoms with Crippen LogP contribution in [0.25, 0.3) is 0 Å². The Balaban J connectivity index is 2.47. The van der Waals surface area contributed by atoms with Crippen LogP contribution in [-0.2, 0) is 0 Å². The van der Waals surface area contributed by atoms with Crippen molar-refractivity contribution < 1.29 is 0 Å².